The number of aliphatic hydroxyl groups excluding tert-OH is 2. The highest BCUT2D eigenvalue weighted by Gasteiger charge is 2.29. The summed E-state index contributed by atoms with van der Waals surface area (Å²) in [6, 6.07) is 0. The second kappa shape index (κ2) is 5.69. The molecule has 0 amide bonds. The molecule has 1 aromatic rings. The number of nitrogens with zero attached hydrogens (tertiary/aromatic N) is 2. The Morgan fingerprint density at radius 2 is 2.33 bits per heavy atom. The van der Waals surface area contributed by atoms with Crippen molar-refractivity contribution < 1.29 is 10.2 Å². The Kier molecular flexibility index (Phi) is 4.21. The van der Waals surface area contributed by atoms with Crippen LogP contribution in [0.5, 0.6) is 0 Å². The van der Waals surface area contributed by atoms with Gasteiger partial charge in [-0.2, -0.15) is 5.10 Å². The van der Waals surface area contributed by atoms with E-state index in [2.05, 4.69) is 10.4 Å². The molecule has 0 aliphatic heterocycles. The predicted octanol–water partition coefficient (Wildman–Crippen LogP) is 0.0718. The smallest absolute Gasteiger partial charge is 0.287 e. The molecule has 1 aliphatic rings. The van der Waals surface area contributed by atoms with Crippen LogP contribution in [0.2, 0.25) is 5.02 Å². The van der Waals surface area contributed by atoms with Gasteiger partial charge in [0.25, 0.3) is 5.56 Å². The summed E-state index contributed by atoms with van der Waals surface area (Å²) in [6.07, 6.45) is 3.11. The van der Waals surface area contributed by atoms with Crippen molar-refractivity contribution >= 4 is 17.3 Å². The summed E-state index contributed by atoms with van der Waals surface area (Å²) in [5.74, 6) is 0.360. The molecule has 3 N–H and O–H groups in total. The number of hydrogen-bond acceptors (Lipinski definition) is 5. The van der Waals surface area contributed by atoms with Crippen LogP contribution in [0, 0.1) is 5.92 Å². The second-order valence-electron chi connectivity index (χ2n) is 4.41. The summed E-state index contributed by atoms with van der Waals surface area (Å²) in [5.41, 5.74) is -0.0350. The molecule has 7 heteroatoms. The van der Waals surface area contributed by atoms with Crippen LogP contribution in [0.25, 0.3) is 0 Å². The van der Waals surface area contributed by atoms with Crippen LogP contribution in [-0.2, 0) is 6.54 Å². The molecule has 1 unspecified atom stereocenters. The molecule has 100 valence electrons. The monoisotopic (exact) mass is 273 g/mol. The van der Waals surface area contributed by atoms with Gasteiger partial charge in [0.15, 0.2) is 0 Å². The quantitative estimate of drug-likeness (QED) is 0.683. The van der Waals surface area contributed by atoms with Crippen molar-refractivity contribution in [2.75, 3.05) is 18.5 Å². The van der Waals surface area contributed by atoms with Crippen molar-refractivity contribution in [3.63, 3.8) is 0 Å². The lowest BCUT2D eigenvalue weighted by Gasteiger charge is -2.13. The van der Waals surface area contributed by atoms with Gasteiger partial charge >= 0.3 is 0 Å². The third-order valence-electron chi connectivity index (χ3n) is 2.96. The molecule has 0 radical (unpaired) electrons. The number of hydrogen-bond donors (Lipinski definition) is 3. The first-order chi connectivity index (χ1) is 8.63. The lowest BCUT2D eigenvalue weighted by Crippen LogP contribution is -2.27. The zero-order chi connectivity index (χ0) is 13.1. The van der Waals surface area contributed by atoms with E-state index in [4.69, 9.17) is 16.7 Å². The van der Waals surface area contributed by atoms with Crippen molar-refractivity contribution in [1.29, 1.82) is 0 Å². The molecule has 18 heavy (non-hydrogen) atoms. The van der Waals surface area contributed by atoms with E-state index >= 15 is 0 Å². The number of halogens is 1. The zero-order valence-corrected chi connectivity index (χ0v) is 10.6. The number of aliphatic hydroxyl groups is 2. The minimum atomic E-state index is -0.448. The summed E-state index contributed by atoms with van der Waals surface area (Å²) in [7, 11) is 0. The fraction of sp³-hybridized carbons (Fsp3) is 0.636. The molecule has 1 heterocycles. The molecule has 0 spiro atoms. The van der Waals surface area contributed by atoms with Gasteiger partial charge in [-0.15, -0.1) is 0 Å². The van der Waals surface area contributed by atoms with E-state index in [1.165, 1.54) is 6.20 Å². The summed E-state index contributed by atoms with van der Waals surface area (Å²) >= 11 is 5.91. The predicted molar refractivity (Wildman–Crippen MR) is 67.8 cm³/mol. The molecular formula is C11H16ClN3O3. The van der Waals surface area contributed by atoms with Gasteiger partial charge in [0.2, 0.25) is 0 Å². The maximum absolute atomic E-state index is 11.7. The van der Waals surface area contributed by atoms with Gasteiger partial charge in [-0.25, -0.2) is 4.68 Å². The average Bonchev–Trinajstić information content (AvgIpc) is 3.18. The highest BCUT2D eigenvalue weighted by Crippen LogP contribution is 2.32. The van der Waals surface area contributed by atoms with Crippen molar-refractivity contribution in [3.05, 3.63) is 21.6 Å². The van der Waals surface area contributed by atoms with Gasteiger partial charge in [-0.3, -0.25) is 4.79 Å². The SMILES string of the molecule is O=c1c(Cl)c(NCC(O)C2CC2)cnn1CCO. The van der Waals surface area contributed by atoms with Gasteiger partial charge in [-0.1, -0.05) is 11.6 Å². The van der Waals surface area contributed by atoms with Gasteiger partial charge in [-0.05, 0) is 18.8 Å². The third-order valence-corrected chi connectivity index (χ3v) is 3.33. The van der Waals surface area contributed by atoms with E-state index in [0.717, 1.165) is 17.5 Å². The van der Waals surface area contributed by atoms with Crippen LogP contribution >= 0.6 is 11.6 Å². The van der Waals surface area contributed by atoms with Gasteiger partial charge in [0.05, 0.1) is 31.1 Å². The fourth-order valence-electron chi connectivity index (χ4n) is 1.70. The summed E-state index contributed by atoms with van der Waals surface area (Å²) < 4.78 is 1.10. The largest absolute Gasteiger partial charge is 0.394 e. The molecule has 1 fully saturated rings. The highest BCUT2D eigenvalue weighted by molar-refractivity contribution is 6.32. The van der Waals surface area contributed by atoms with E-state index < -0.39 is 11.7 Å². The first-order valence-electron chi connectivity index (χ1n) is 5.92. The van der Waals surface area contributed by atoms with E-state index in [1.807, 2.05) is 0 Å². The summed E-state index contributed by atoms with van der Waals surface area (Å²) in [4.78, 5) is 11.7. The van der Waals surface area contributed by atoms with E-state index in [9.17, 15) is 9.90 Å². The number of anilines is 1. The first kappa shape index (κ1) is 13.3. The van der Waals surface area contributed by atoms with Crippen LogP contribution < -0.4 is 10.9 Å². The molecular weight excluding hydrogens is 258 g/mol. The maximum atomic E-state index is 11.7. The van der Waals surface area contributed by atoms with Gasteiger partial charge in [0, 0.05) is 6.54 Å². The lowest BCUT2D eigenvalue weighted by atomic mass is 10.2. The Morgan fingerprint density at radius 3 is 2.94 bits per heavy atom. The minimum Gasteiger partial charge on any atom is -0.394 e. The Bertz CT molecular complexity index is 473. The topological polar surface area (TPSA) is 87.4 Å². The van der Waals surface area contributed by atoms with E-state index in [0.29, 0.717) is 18.2 Å². The Labute approximate surface area is 109 Å². The average molecular weight is 274 g/mol. The Hall–Kier alpha value is -1.11. The number of rotatable bonds is 6. The highest BCUT2D eigenvalue weighted by atomic mass is 35.5. The van der Waals surface area contributed by atoms with Gasteiger partial charge < -0.3 is 15.5 Å². The van der Waals surface area contributed by atoms with Crippen molar-refractivity contribution in [2.24, 2.45) is 5.92 Å². The third kappa shape index (κ3) is 3.01. The van der Waals surface area contributed by atoms with Gasteiger partial charge in [0.1, 0.15) is 5.02 Å². The van der Waals surface area contributed by atoms with Crippen molar-refractivity contribution in [3.8, 4) is 0 Å². The Balaban J connectivity index is 2.04. The second-order valence-corrected chi connectivity index (χ2v) is 4.79. The van der Waals surface area contributed by atoms with Crippen molar-refractivity contribution in [1.82, 2.24) is 9.78 Å². The first-order valence-corrected chi connectivity index (χ1v) is 6.29. The molecule has 6 nitrogen and oxygen atoms in total. The Morgan fingerprint density at radius 1 is 1.61 bits per heavy atom. The number of nitrogens with one attached hydrogen (secondary N) is 1. The summed E-state index contributed by atoms with van der Waals surface area (Å²) in [6.45, 7) is 0.301. The van der Waals surface area contributed by atoms with Crippen LogP contribution in [0.1, 0.15) is 12.8 Å². The van der Waals surface area contributed by atoms with Crippen molar-refractivity contribution in [2.45, 2.75) is 25.5 Å². The molecule has 1 aliphatic carbocycles. The molecule has 2 rings (SSSR count). The van der Waals surface area contributed by atoms with E-state index in [1.54, 1.807) is 0 Å². The lowest BCUT2D eigenvalue weighted by molar-refractivity contribution is 0.164. The normalized spacial score (nSPS) is 16.6. The molecule has 1 aromatic heterocycles. The van der Waals surface area contributed by atoms with Crippen LogP contribution in [0.3, 0.4) is 0 Å². The molecule has 0 aromatic carbocycles. The van der Waals surface area contributed by atoms with Crippen LogP contribution in [0.4, 0.5) is 5.69 Å². The minimum absolute atomic E-state index is 0.0291. The molecule has 0 bridgehead atoms. The van der Waals surface area contributed by atoms with Crippen LogP contribution in [0.15, 0.2) is 11.0 Å². The molecule has 1 atom stereocenters. The standard InChI is InChI=1S/C11H16ClN3O3/c12-10-8(13-6-9(17)7-1-2-7)5-14-15(3-4-16)11(10)18/h5,7,9,13,16-17H,1-4,6H2. The number of aromatic nitrogens is 2. The molecule has 1 saturated carbocycles. The fourth-order valence-corrected chi connectivity index (χ4v) is 1.92. The zero-order valence-electron chi connectivity index (χ0n) is 9.84. The molecule has 0 saturated heterocycles. The van der Waals surface area contributed by atoms with Crippen LogP contribution in [-0.4, -0.2) is 39.2 Å². The van der Waals surface area contributed by atoms with E-state index in [-0.39, 0.29) is 18.2 Å². The summed E-state index contributed by atoms with van der Waals surface area (Å²) in [5, 5.41) is 25.3. The maximum Gasteiger partial charge on any atom is 0.287 e.